The molecule has 0 aliphatic carbocycles. The highest BCUT2D eigenvalue weighted by molar-refractivity contribution is 6.30. The van der Waals surface area contributed by atoms with E-state index in [1.54, 1.807) is 54.6 Å². The van der Waals surface area contributed by atoms with Crippen LogP contribution in [-0.4, -0.2) is 22.4 Å². The Morgan fingerprint density at radius 2 is 1.46 bits per heavy atom. The maximum Gasteiger partial charge on any atom is 0.275 e. The van der Waals surface area contributed by atoms with Gasteiger partial charge in [0.15, 0.2) is 0 Å². The maximum absolute atomic E-state index is 13.0. The molecule has 2 amide bonds. The number of rotatable bonds is 4. The second-order valence-corrected chi connectivity index (χ2v) is 7.22. The summed E-state index contributed by atoms with van der Waals surface area (Å²) in [5.41, 5.74) is 6.81. The smallest absolute Gasteiger partial charge is 0.267 e. The van der Waals surface area contributed by atoms with E-state index in [0.29, 0.717) is 16.1 Å². The van der Waals surface area contributed by atoms with E-state index >= 15 is 0 Å². The molecule has 0 atom stereocenters. The van der Waals surface area contributed by atoms with Gasteiger partial charge in [0.1, 0.15) is 0 Å². The van der Waals surface area contributed by atoms with E-state index in [1.165, 1.54) is 0 Å². The summed E-state index contributed by atoms with van der Waals surface area (Å²) >= 11 is 5.88. The Labute approximate surface area is 158 Å². The van der Waals surface area contributed by atoms with E-state index in [0.717, 1.165) is 10.6 Å². The van der Waals surface area contributed by atoms with Crippen LogP contribution < -0.4 is 5.43 Å². The largest absolute Gasteiger partial charge is 0.275 e. The molecule has 0 saturated heterocycles. The maximum atomic E-state index is 13.0. The fraction of sp³-hybridized carbons (Fsp3) is 0.190. The number of imide groups is 1. The summed E-state index contributed by atoms with van der Waals surface area (Å²) in [4.78, 5) is 25.8. The lowest BCUT2D eigenvalue weighted by Gasteiger charge is -2.30. The zero-order chi connectivity index (χ0) is 19.3. The molecule has 1 N–H and O–H groups in total. The van der Waals surface area contributed by atoms with Gasteiger partial charge in [0, 0.05) is 21.7 Å². The molecular weight excluding hydrogens is 348 g/mol. The number of nitrogens with zero attached hydrogens (tertiary/aromatic N) is 1. The van der Waals surface area contributed by atoms with Crippen molar-refractivity contribution in [2.75, 3.05) is 0 Å². The van der Waals surface area contributed by atoms with Gasteiger partial charge in [0.2, 0.25) is 0 Å². The van der Waals surface area contributed by atoms with Gasteiger partial charge in [0.05, 0.1) is 0 Å². The number of hydrogen-bond donors (Lipinski definition) is 1. The number of amides is 2. The molecule has 2 aromatic carbocycles. The highest BCUT2D eigenvalue weighted by Crippen LogP contribution is 2.15. The van der Waals surface area contributed by atoms with Crippen molar-refractivity contribution in [1.82, 2.24) is 10.4 Å². The summed E-state index contributed by atoms with van der Waals surface area (Å²) < 4.78 is 0. The molecule has 2 rings (SSSR count). The lowest BCUT2D eigenvalue weighted by Crippen LogP contribution is -2.54. The Kier molecular flexibility index (Phi) is 6.17. The number of hydrazine groups is 1. The molecule has 2 aromatic rings. The van der Waals surface area contributed by atoms with Crippen LogP contribution >= 0.6 is 11.6 Å². The summed E-state index contributed by atoms with van der Waals surface area (Å²) in [7, 11) is 0. The topological polar surface area (TPSA) is 49.4 Å². The molecule has 134 valence electrons. The van der Waals surface area contributed by atoms with Crippen molar-refractivity contribution in [1.29, 1.82) is 0 Å². The van der Waals surface area contributed by atoms with Gasteiger partial charge in [-0.1, -0.05) is 30.3 Å². The number of carbonyl (C=O) groups is 2. The van der Waals surface area contributed by atoms with E-state index in [2.05, 4.69) is 17.7 Å². The number of nitrogens with one attached hydrogen (secondary N) is 1. The predicted octanol–water partition coefficient (Wildman–Crippen LogP) is 4.72. The van der Waals surface area contributed by atoms with Crippen molar-refractivity contribution in [2.24, 2.45) is 0 Å². The quantitative estimate of drug-likeness (QED) is 0.482. The van der Waals surface area contributed by atoms with Crippen LogP contribution in [0.25, 0.3) is 6.08 Å². The molecule has 0 bridgehead atoms. The summed E-state index contributed by atoms with van der Waals surface area (Å²) in [6, 6.07) is 13.3. The van der Waals surface area contributed by atoms with E-state index in [9.17, 15) is 9.59 Å². The van der Waals surface area contributed by atoms with Gasteiger partial charge >= 0.3 is 0 Å². The zero-order valence-electron chi connectivity index (χ0n) is 15.0. The summed E-state index contributed by atoms with van der Waals surface area (Å²) in [5.74, 6) is -0.884. The molecule has 0 heterocycles. The molecular formula is C21H21ClN2O2. The monoisotopic (exact) mass is 368 g/mol. The van der Waals surface area contributed by atoms with Gasteiger partial charge < -0.3 is 0 Å². The lowest BCUT2D eigenvalue weighted by molar-refractivity contribution is 0.0452. The zero-order valence-corrected chi connectivity index (χ0v) is 15.8. The van der Waals surface area contributed by atoms with E-state index in [-0.39, 0.29) is 0 Å². The van der Waals surface area contributed by atoms with Crippen molar-refractivity contribution in [2.45, 2.75) is 26.3 Å². The molecule has 0 aliphatic heterocycles. The Morgan fingerprint density at radius 3 is 1.88 bits per heavy atom. The number of halogens is 1. The molecule has 0 spiro atoms. The first kappa shape index (κ1) is 19.7. The summed E-state index contributed by atoms with van der Waals surface area (Å²) in [6.45, 7) is 9.15. The lowest BCUT2D eigenvalue weighted by atomic mass is 10.1. The molecule has 0 aromatic heterocycles. The Balaban J connectivity index is 2.36. The molecule has 5 heteroatoms. The third kappa shape index (κ3) is 5.17. The van der Waals surface area contributed by atoms with Crippen molar-refractivity contribution >= 4 is 29.5 Å². The van der Waals surface area contributed by atoms with E-state index in [1.807, 2.05) is 20.8 Å². The minimum Gasteiger partial charge on any atom is -0.267 e. The van der Waals surface area contributed by atoms with Gasteiger partial charge in [0.25, 0.3) is 11.8 Å². The normalized spacial score (nSPS) is 10.8. The number of hydrogen-bond acceptors (Lipinski definition) is 3. The van der Waals surface area contributed by atoms with Gasteiger partial charge in [-0.2, -0.15) is 0 Å². The van der Waals surface area contributed by atoms with Crippen molar-refractivity contribution in [3.63, 3.8) is 0 Å². The second-order valence-electron chi connectivity index (χ2n) is 6.78. The van der Waals surface area contributed by atoms with E-state index < -0.39 is 17.4 Å². The Hall–Kier alpha value is -2.65. The first-order chi connectivity index (χ1) is 12.2. The SMILES string of the molecule is C=C=Cc1ccc(C(=O)N(NC(C)(C)C)C(=O)c2ccc(Cl)cc2)cc1. The van der Waals surface area contributed by atoms with Crippen LogP contribution in [0.3, 0.4) is 0 Å². The Morgan fingerprint density at radius 1 is 1.00 bits per heavy atom. The summed E-state index contributed by atoms with van der Waals surface area (Å²) in [6.07, 6.45) is 1.71. The first-order valence-corrected chi connectivity index (χ1v) is 8.47. The average molecular weight is 369 g/mol. The highest BCUT2D eigenvalue weighted by atomic mass is 35.5. The summed E-state index contributed by atoms with van der Waals surface area (Å²) in [5, 5.41) is 1.57. The predicted molar refractivity (Wildman–Crippen MR) is 105 cm³/mol. The van der Waals surface area contributed by atoms with Gasteiger partial charge in [-0.15, -0.1) is 5.73 Å². The van der Waals surface area contributed by atoms with Gasteiger partial charge in [-0.3, -0.25) is 9.59 Å². The molecule has 0 radical (unpaired) electrons. The molecule has 0 fully saturated rings. The highest BCUT2D eigenvalue weighted by Gasteiger charge is 2.28. The number of benzene rings is 2. The minimum atomic E-state index is -0.483. The van der Waals surface area contributed by atoms with Crippen LogP contribution in [-0.2, 0) is 0 Å². The van der Waals surface area contributed by atoms with Crippen LogP contribution in [0.1, 0.15) is 47.1 Å². The minimum absolute atomic E-state index is 0.366. The Bertz CT molecular complexity index is 843. The molecule has 0 saturated carbocycles. The third-order valence-electron chi connectivity index (χ3n) is 3.37. The molecule has 0 aliphatic rings. The van der Waals surface area contributed by atoms with Crippen molar-refractivity contribution in [3.8, 4) is 0 Å². The fourth-order valence-corrected chi connectivity index (χ4v) is 2.35. The standard InChI is InChI=1S/C21H21ClN2O2/c1-5-6-15-7-9-16(10-8-15)19(25)24(23-21(2,3)4)20(26)17-11-13-18(22)14-12-17/h6-14,23H,1H2,2-4H3. The molecule has 4 nitrogen and oxygen atoms in total. The van der Waals surface area contributed by atoms with E-state index in [4.69, 9.17) is 11.6 Å². The number of carbonyl (C=O) groups excluding carboxylic acids is 2. The van der Waals surface area contributed by atoms with Gasteiger partial charge in [-0.25, -0.2) is 10.4 Å². The first-order valence-electron chi connectivity index (χ1n) is 8.09. The second kappa shape index (κ2) is 8.15. The average Bonchev–Trinajstić information content (AvgIpc) is 2.59. The fourth-order valence-electron chi connectivity index (χ4n) is 2.22. The molecule has 26 heavy (non-hydrogen) atoms. The van der Waals surface area contributed by atoms with Crippen LogP contribution in [0.15, 0.2) is 60.8 Å². The van der Waals surface area contributed by atoms with Gasteiger partial charge in [-0.05, 0) is 68.8 Å². The van der Waals surface area contributed by atoms with Crippen LogP contribution in [0.5, 0.6) is 0 Å². The van der Waals surface area contributed by atoms with Crippen LogP contribution in [0.4, 0.5) is 0 Å². The third-order valence-corrected chi connectivity index (χ3v) is 3.62. The van der Waals surface area contributed by atoms with Crippen LogP contribution in [0, 0.1) is 0 Å². The van der Waals surface area contributed by atoms with Crippen molar-refractivity contribution in [3.05, 3.63) is 82.6 Å². The van der Waals surface area contributed by atoms with Crippen LogP contribution in [0.2, 0.25) is 5.02 Å². The van der Waals surface area contributed by atoms with Crippen molar-refractivity contribution < 1.29 is 9.59 Å². The molecule has 0 unspecified atom stereocenters.